The molecule has 1 unspecified atom stereocenters. The highest BCUT2D eigenvalue weighted by Gasteiger charge is 2.55. The first-order chi connectivity index (χ1) is 12.6. The molecule has 1 aromatic rings. The van der Waals surface area contributed by atoms with E-state index in [1.54, 1.807) is 18.2 Å². The van der Waals surface area contributed by atoms with E-state index in [-0.39, 0.29) is 28.8 Å². The molecule has 1 aromatic carbocycles. The maximum Gasteiger partial charge on any atom is 0.251 e. The van der Waals surface area contributed by atoms with Gasteiger partial charge in [-0.25, -0.2) is 0 Å². The zero-order valence-corrected chi connectivity index (χ0v) is 17.6. The third-order valence-corrected chi connectivity index (χ3v) is 6.15. The van der Waals surface area contributed by atoms with Crippen molar-refractivity contribution < 1.29 is 9.59 Å². The average molecular weight is 412 g/mol. The zero-order valence-electron chi connectivity index (χ0n) is 16.1. The third kappa shape index (κ3) is 5.15. The van der Waals surface area contributed by atoms with Crippen molar-refractivity contribution in [1.29, 1.82) is 0 Å². The summed E-state index contributed by atoms with van der Waals surface area (Å²) in [5, 5.41) is 6.96. The van der Waals surface area contributed by atoms with Gasteiger partial charge < -0.3 is 10.6 Å². The Morgan fingerprint density at radius 1 is 1.19 bits per heavy atom. The van der Waals surface area contributed by atoms with Crippen molar-refractivity contribution in [3.8, 4) is 0 Å². The Morgan fingerprint density at radius 3 is 2.44 bits per heavy atom. The summed E-state index contributed by atoms with van der Waals surface area (Å²) in [6.45, 7) is 8.17. The summed E-state index contributed by atoms with van der Waals surface area (Å²) in [5.41, 5.74) is 0.510. The molecule has 3 rings (SSSR count). The van der Waals surface area contributed by atoms with E-state index in [0.29, 0.717) is 22.2 Å². The van der Waals surface area contributed by atoms with Gasteiger partial charge in [0.25, 0.3) is 5.91 Å². The Morgan fingerprint density at radius 2 is 1.85 bits per heavy atom. The average Bonchev–Trinajstić information content (AvgIpc) is 3.22. The van der Waals surface area contributed by atoms with Crippen LogP contribution in [0.25, 0.3) is 0 Å². The molecule has 1 aliphatic heterocycles. The first-order valence-electron chi connectivity index (χ1n) is 9.37. The number of halogens is 2. The summed E-state index contributed by atoms with van der Waals surface area (Å²) in [5.74, 6) is -0.0406. The predicted molar refractivity (Wildman–Crippen MR) is 108 cm³/mol. The number of benzene rings is 1. The van der Waals surface area contributed by atoms with E-state index in [2.05, 4.69) is 15.5 Å². The maximum absolute atomic E-state index is 12.5. The van der Waals surface area contributed by atoms with Gasteiger partial charge in [0.15, 0.2) is 0 Å². The topological polar surface area (TPSA) is 61.4 Å². The molecule has 1 spiro atoms. The van der Waals surface area contributed by atoms with E-state index in [1.165, 1.54) is 0 Å². The molecule has 2 fully saturated rings. The number of carbonyl (C=O) groups is 2. The summed E-state index contributed by atoms with van der Waals surface area (Å²) in [7, 11) is 0. The van der Waals surface area contributed by atoms with Crippen LogP contribution in [0, 0.1) is 5.41 Å². The first-order valence-corrected chi connectivity index (χ1v) is 10.1. The molecule has 1 saturated carbocycles. The number of nitrogens with zero attached hydrogens (tertiary/aromatic N) is 1. The maximum atomic E-state index is 12.5. The molecule has 2 aliphatic rings. The van der Waals surface area contributed by atoms with E-state index >= 15 is 0 Å². The molecule has 1 heterocycles. The molecule has 148 valence electrons. The lowest BCUT2D eigenvalue weighted by molar-refractivity contribution is -0.124. The van der Waals surface area contributed by atoms with Crippen molar-refractivity contribution in [2.24, 2.45) is 5.41 Å². The quantitative estimate of drug-likeness (QED) is 0.796. The van der Waals surface area contributed by atoms with Crippen LogP contribution < -0.4 is 10.6 Å². The standard InChI is InChI=1S/C20H27Cl2N3O2/c1-19(2,3)24-17(26)12-25-8-6-20(7-9-25)11-16(20)23-18(27)13-4-5-14(21)15(22)10-13/h4-5,10,16H,6-9,11-12H2,1-3H3,(H,23,27)(H,24,26). The van der Waals surface area contributed by atoms with Crippen molar-refractivity contribution in [3.63, 3.8) is 0 Å². The van der Waals surface area contributed by atoms with Crippen molar-refractivity contribution in [3.05, 3.63) is 33.8 Å². The van der Waals surface area contributed by atoms with E-state index < -0.39 is 0 Å². The molecule has 0 aromatic heterocycles. The summed E-state index contributed by atoms with van der Waals surface area (Å²) >= 11 is 11.9. The number of likely N-dealkylation sites (tertiary alicyclic amines) is 1. The minimum absolute atomic E-state index is 0.0683. The second-order valence-electron chi connectivity index (χ2n) is 8.80. The number of rotatable bonds is 4. The number of hydrogen-bond donors (Lipinski definition) is 2. The molecule has 27 heavy (non-hydrogen) atoms. The van der Waals surface area contributed by atoms with Crippen LogP contribution in [0.5, 0.6) is 0 Å². The Bertz CT molecular complexity index is 737. The van der Waals surface area contributed by atoms with E-state index in [4.69, 9.17) is 23.2 Å². The molecule has 0 radical (unpaired) electrons. The lowest BCUT2D eigenvalue weighted by Crippen LogP contribution is -2.48. The molecule has 5 nitrogen and oxygen atoms in total. The fraction of sp³-hybridized carbons (Fsp3) is 0.600. The Balaban J connectivity index is 1.47. The highest BCUT2D eigenvalue weighted by atomic mass is 35.5. The number of amides is 2. The van der Waals surface area contributed by atoms with Crippen molar-refractivity contribution in [2.75, 3.05) is 19.6 Å². The Kier molecular flexibility index (Phi) is 5.76. The van der Waals surface area contributed by atoms with Gasteiger partial charge in [-0.2, -0.15) is 0 Å². The van der Waals surface area contributed by atoms with Gasteiger partial charge in [-0.05, 0) is 76.7 Å². The molecule has 0 bridgehead atoms. The summed E-state index contributed by atoms with van der Waals surface area (Å²) in [6, 6.07) is 5.13. The number of carbonyl (C=O) groups excluding carboxylic acids is 2. The molecule has 1 aliphatic carbocycles. The van der Waals surface area contributed by atoms with Gasteiger partial charge >= 0.3 is 0 Å². The van der Waals surface area contributed by atoms with Crippen LogP contribution in [0.1, 0.15) is 50.4 Å². The van der Waals surface area contributed by atoms with E-state index in [0.717, 1.165) is 32.4 Å². The Hall–Kier alpha value is -1.30. The van der Waals surface area contributed by atoms with Crippen molar-refractivity contribution in [2.45, 2.75) is 51.6 Å². The molecular weight excluding hydrogens is 385 g/mol. The molecule has 2 amide bonds. The molecule has 2 N–H and O–H groups in total. The smallest absolute Gasteiger partial charge is 0.251 e. The normalized spacial score (nSPS) is 21.7. The summed E-state index contributed by atoms with van der Waals surface area (Å²) in [4.78, 5) is 26.7. The van der Waals surface area contributed by atoms with Crippen LogP contribution in [-0.2, 0) is 4.79 Å². The summed E-state index contributed by atoms with van der Waals surface area (Å²) < 4.78 is 0. The lowest BCUT2D eigenvalue weighted by Gasteiger charge is -2.33. The SMILES string of the molecule is CC(C)(C)NC(=O)CN1CCC2(CC1)CC2NC(=O)c1ccc(Cl)c(Cl)c1. The van der Waals surface area contributed by atoms with Gasteiger partial charge in [0, 0.05) is 17.1 Å². The van der Waals surface area contributed by atoms with Crippen LogP contribution in [0.4, 0.5) is 0 Å². The molecule has 7 heteroatoms. The first kappa shape index (κ1) is 20.4. The zero-order chi connectivity index (χ0) is 19.8. The fourth-order valence-electron chi connectivity index (χ4n) is 3.80. The monoisotopic (exact) mass is 411 g/mol. The summed E-state index contributed by atoms with van der Waals surface area (Å²) in [6.07, 6.45) is 3.01. The highest BCUT2D eigenvalue weighted by molar-refractivity contribution is 6.42. The molecule has 1 saturated heterocycles. The van der Waals surface area contributed by atoms with Crippen LogP contribution in [0.15, 0.2) is 18.2 Å². The van der Waals surface area contributed by atoms with Gasteiger partial charge in [0.05, 0.1) is 16.6 Å². The van der Waals surface area contributed by atoms with Crippen LogP contribution >= 0.6 is 23.2 Å². The van der Waals surface area contributed by atoms with Gasteiger partial charge in [-0.1, -0.05) is 23.2 Å². The fourth-order valence-corrected chi connectivity index (χ4v) is 4.10. The van der Waals surface area contributed by atoms with Crippen LogP contribution in [-0.4, -0.2) is 47.9 Å². The van der Waals surface area contributed by atoms with Gasteiger partial charge in [0.1, 0.15) is 0 Å². The molecule has 1 atom stereocenters. The highest BCUT2D eigenvalue weighted by Crippen LogP contribution is 2.53. The number of piperidine rings is 1. The van der Waals surface area contributed by atoms with Crippen LogP contribution in [0.3, 0.4) is 0 Å². The van der Waals surface area contributed by atoms with Gasteiger partial charge in [-0.15, -0.1) is 0 Å². The minimum atomic E-state index is -0.204. The lowest BCUT2D eigenvalue weighted by atomic mass is 9.92. The van der Waals surface area contributed by atoms with Crippen molar-refractivity contribution >= 4 is 35.0 Å². The van der Waals surface area contributed by atoms with Gasteiger partial charge in [0.2, 0.25) is 5.91 Å². The van der Waals surface area contributed by atoms with E-state index in [9.17, 15) is 9.59 Å². The largest absolute Gasteiger partial charge is 0.350 e. The van der Waals surface area contributed by atoms with E-state index in [1.807, 2.05) is 20.8 Å². The second-order valence-corrected chi connectivity index (χ2v) is 9.61. The van der Waals surface area contributed by atoms with Crippen LogP contribution in [0.2, 0.25) is 10.0 Å². The second kappa shape index (κ2) is 7.61. The third-order valence-electron chi connectivity index (χ3n) is 5.41. The van der Waals surface area contributed by atoms with Crippen molar-refractivity contribution in [1.82, 2.24) is 15.5 Å². The van der Waals surface area contributed by atoms with Gasteiger partial charge in [-0.3, -0.25) is 14.5 Å². The Labute approximate surface area is 170 Å². The minimum Gasteiger partial charge on any atom is -0.350 e. The number of hydrogen-bond acceptors (Lipinski definition) is 3. The molecular formula is C20H27Cl2N3O2. The number of nitrogens with one attached hydrogen (secondary N) is 2. The predicted octanol–water partition coefficient (Wildman–Crippen LogP) is 3.49.